The zero-order valence-electron chi connectivity index (χ0n) is 14.2. The summed E-state index contributed by atoms with van der Waals surface area (Å²) in [5.74, 6) is 0.271. The summed E-state index contributed by atoms with van der Waals surface area (Å²) < 4.78 is 0. The summed E-state index contributed by atoms with van der Waals surface area (Å²) in [5.41, 5.74) is 10.8. The lowest BCUT2D eigenvalue weighted by atomic mass is 9.97. The average Bonchev–Trinajstić information content (AvgIpc) is 2.90. The number of hydrogen-bond donors (Lipinski definition) is 3. The molecule has 126 valence electrons. The van der Waals surface area contributed by atoms with Gasteiger partial charge in [0.05, 0.1) is 12.1 Å². The van der Waals surface area contributed by atoms with E-state index in [1.165, 1.54) is 0 Å². The van der Waals surface area contributed by atoms with Crippen molar-refractivity contribution >= 4 is 5.78 Å². The van der Waals surface area contributed by atoms with Crippen molar-refractivity contribution in [2.24, 2.45) is 5.73 Å². The van der Waals surface area contributed by atoms with Crippen LogP contribution in [0.3, 0.4) is 0 Å². The van der Waals surface area contributed by atoms with Gasteiger partial charge >= 0.3 is 0 Å². The summed E-state index contributed by atoms with van der Waals surface area (Å²) >= 11 is 0. The van der Waals surface area contributed by atoms with E-state index in [-0.39, 0.29) is 17.9 Å². The van der Waals surface area contributed by atoms with Crippen molar-refractivity contribution in [1.82, 2.24) is 15.9 Å². The topological polar surface area (TPSA) is 79.6 Å². The fourth-order valence-corrected chi connectivity index (χ4v) is 2.56. The molecule has 1 aliphatic heterocycles. The van der Waals surface area contributed by atoms with Crippen LogP contribution in [0.25, 0.3) is 0 Å². The lowest BCUT2D eigenvalue weighted by Crippen LogP contribution is -2.45. The van der Waals surface area contributed by atoms with Crippen molar-refractivity contribution in [2.45, 2.75) is 58.5 Å². The monoisotopic (exact) mass is 310 g/mol. The van der Waals surface area contributed by atoms with Gasteiger partial charge in [-0.1, -0.05) is 20.3 Å². The Bertz CT molecular complexity index is 420. The highest BCUT2D eigenvalue weighted by Gasteiger charge is 2.39. The highest BCUT2D eigenvalue weighted by atomic mass is 16.8. The van der Waals surface area contributed by atoms with Gasteiger partial charge in [0.1, 0.15) is 5.78 Å². The molecular weight excluding hydrogens is 280 g/mol. The number of rotatable bonds is 7. The van der Waals surface area contributed by atoms with Crippen LogP contribution in [0.15, 0.2) is 23.5 Å². The zero-order valence-corrected chi connectivity index (χ0v) is 14.2. The number of Topliss-reactive ketones (excluding diaryl/α,β-unsaturated/α-hetero) is 1. The van der Waals surface area contributed by atoms with Crippen LogP contribution in [-0.4, -0.2) is 36.5 Å². The van der Waals surface area contributed by atoms with Crippen molar-refractivity contribution in [2.75, 3.05) is 13.6 Å². The number of hydrogen-bond acceptors (Lipinski definition) is 6. The molecule has 0 bridgehead atoms. The van der Waals surface area contributed by atoms with Crippen LogP contribution in [0.1, 0.15) is 46.5 Å². The maximum atomic E-state index is 10.8. The number of unbranched alkanes of at least 4 members (excludes halogenated alkanes) is 2. The molecule has 0 aromatic heterocycles. The predicted molar refractivity (Wildman–Crippen MR) is 88.4 cm³/mol. The summed E-state index contributed by atoms with van der Waals surface area (Å²) in [5, 5.41) is 5.22. The van der Waals surface area contributed by atoms with E-state index in [1.54, 1.807) is 12.0 Å². The molecule has 6 nitrogen and oxygen atoms in total. The van der Waals surface area contributed by atoms with E-state index in [9.17, 15) is 4.79 Å². The molecule has 2 atom stereocenters. The van der Waals surface area contributed by atoms with Crippen molar-refractivity contribution in [3.63, 3.8) is 0 Å². The zero-order chi connectivity index (χ0) is 16.5. The van der Waals surface area contributed by atoms with Crippen LogP contribution < -0.4 is 16.5 Å². The Balaban J connectivity index is 0.00000116. The molecule has 2 aliphatic rings. The van der Waals surface area contributed by atoms with E-state index in [0.29, 0.717) is 6.42 Å². The standard InChI is InChI=1S/C14H24N4O2.C2H6/c1-10(19)6-4-3-5-9-16-12-8-7-11(15)13-14(12)18(2)20-17-13;1-2/h7-8,13-14,16-17H,3-6,9,15H2,1-2H3;1-2H3. The molecule has 22 heavy (non-hydrogen) atoms. The Hall–Kier alpha value is -1.37. The number of nitrogens with zero attached hydrogens (tertiary/aromatic N) is 1. The third kappa shape index (κ3) is 5.12. The van der Waals surface area contributed by atoms with Gasteiger partial charge in [0.25, 0.3) is 0 Å². The Morgan fingerprint density at radius 1 is 1.36 bits per heavy atom. The Kier molecular flexibility index (Phi) is 8.16. The largest absolute Gasteiger partial charge is 0.401 e. The highest BCUT2D eigenvalue weighted by Crippen LogP contribution is 2.24. The van der Waals surface area contributed by atoms with Crippen LogP contribution in [0.4, 0.5) is 0 Å². The lowest BCUT2D eigenvalue weighted by molar-refractivity contribution is -0.151. The van der Waals surface area contributed by atoms with Gasteiger partial charge in [0.15, 0.2) is 0 Å². The van der Waals surface area contributed by atoms with Crippen LogP contribution in [0.2, 0.25) is 0 Å². The number of allylic oxidation sites excluding steroid dienone is 2. The molecule has 1 heterocycles. The van der Waals surface area contributed by atoms with Gasteiger partial charge in [-0.15, -0.1) is 0 Å². The second kappa shape index (κ2) is 9.61. The van der Waals surface area contributed by atoms with Gasteiger partial charge in [0.2, 0.25) is 0 Å². The van der Waals surface area contributed by atoms with Gasteiger partial charge in [0, 0.05) is 31.4 Å². The van der Waals surface area contributed by atoms with Crippen molar-refractivity contribution in [1.29, 1.82) is 0 Å². The lowest BCUT2D eigenvalue weighted by Gasteiger charge is -2.27. The third-order valence-corrected chi connectivity index (χ3v) is 3.70. The number of fused-ring (bicyclic) bond motifs is 1. The first-order chi connectivity index (χ1) is 10.6. The number of likely N-dealkylation sites (N-methyl/N-ethyl adjacent to an activating group) is 1. The second-order valence-electron chi connectivity index (χ2n) is 5.41. The Morgan fingerprint density at radius 3 is 2.77 bits per heavy atom. The second-order valence-corrected chi connectivity index (χ2v) is 5.41. The first kappa shape index (κ1) is 18.7. The minimum absolute atomic E-state index is 0.00483. The van der Waals surface area contributed by atoms with Gasteiger partial charge in [-0.2, -0.15) is 10.5 Å². The average molecular weight is 310 g/mol. The molecule has 0 saturated carbocycles. The molecule has 0 amide bonds. The smallest absolute Gasteiger partial charge is 0.129 e. The number of ketones is 1. The van der Waals surface area contributed by atoms with E-state index in [0.717, 1.165) is 37.2 Å². The highest BCUT2D eigenvalue weighted by molar-refractivity contribution is 5.75. The fourth-order valence-electron chi connectivity index (χ4n) is 2.56. The molecule has 1 fully saturated rings. The van der Waals surface area contributed by atoms with Gasteiger partial charge < -0.3 is 15.8 Å². The maximum Gasteiger partial charge on any atom is 0.129 e. The molecule has 1 aliphatic carbocycles. The van der Waals surface area contributed by atoms with Crippen molar-refractivity contribution in [3.05, 3.63) is 23.5 Å². The molecule has 0 spiro atoms. The van der Waals surface area contributed by atoms with Gasteiger partial charge in [-0.3, -0.25) is 0 Å². The van der Waals surface area contributed by atoms with Crippen LogP contribution in [0.5, 0.6) is 0 Å². The summed E-state index contributed by atoms with van der Waals surface area (Å²) in [4.78, 5) is 16.2. The van der Waals surface area contributed by atoms with E-state index < -0.39 is 0 Å². The molecular formula is C16H30N4O2. The van der Waals surface area contributed by atoms with E-state index >= 15 is 0 Å². The molecule has 2 rings (SSSR count). The molecule has 4 N–H and O–H groups in total. The van der Waals surface area contributed by atoms with Gasteiger partial charge in [-0.05, 0) is 31.9 Å². The van der Waals surface area contributed by atoms with Crippen molar-refractivity contribution < 1.29 is 9.73 Å². The first-order valence-electron chi connectivity index (χ1n) is 8.15. The molecule has 6 heteroatoms. The first-order valence-corrected chi connectivity index (χ1v) is 8.15. The fraction of sp³-hybridized carbons (Fsp3) is 0.688. The molecule has 0 radical (unpaired) electrons. The summed E-state index contributed by atoms with van der Waals surface area (Å²) in [7, 11) is 1.89. The van der Waals surface area contributed by atoms with Gasteiger partial charge in [-0.25, -0.2) is 4.94 Å². The molecule has 2 unspecified atom stereocenters. The predicted octanol–water partition coefficient (Wildman–Crippen LogP) is 1.61. The molecule has 1 saturated heterocycles. The van der Waals surface area contributed by atoms with Crippen LogP contribution >= 0.6 is 0 Å². The quantitative estimate of drug-likeness (QED) is 0.620. The minimum atomic E-state index is 0.00483. The summed E-state index contributed by atoms with van der Waals surface area (Å²) in [6.45, 7) is 6.54. The van der Waals surface area contributed by atoms with Crippen LogP contribution in [-0.2, 0) is 9.73 Å². The normalized spacial score (nSPS) is 23.8. The van der Waals surface area contributed by atoms with E-state index in [4.69, 9.17) is 10.7 Å². The molecule has 0 aromatic carbocycles. The van der Waals surface area contributed by atoms with E-state index in [1.807, 2.05) is 33.0 Å². The van der Waals surface area contributed by atoms with Crippen LogP contribution in [0, 0.1) is 0 Å². The summed E-state index contributed by atoms with van der Waals surface area (Å²) in [6.07, 6.45) is 7.70. The SMILES string of the molecule is CC.CC(=O)CCCCCNC1=CC=C(N)C2NON(C)C12. The van der Waals surface area contributed by atoms with E-state index in [2.05, 4.69) is 10.8 Å². The number of nitrogens with two attached hydrogens (primary N) is 1. The third-order valence-electron chi connectivity index (χ3n) is 3.70. The maximum absolute atomic E-state index is 10.8. The number of carbonyl (C=O) groups is 1. The Morgan fingerprint density at radius 2 is 2.09 bits per heavy atom. The Labute approximate surface area is 133 Å². The van der Waals surface area contributed by atoms with Crippen molar-refractivity contribution in [3.8, 4) is 0 Å². The number of nitrogens with one attached hydrogen (secondary N) is 2. The number of carbonyl (C=O) groups excluding carboxylic acids is 1. The minimum Gasteiger partial charge on any atom is -0.401 e. The molecule has 0 aromatic rings. The summed E-state index contributed by atoms with van der Waals surface area (Å²) in [6, 6.07) is 0.0995. The number of hydroxylamine groups is 3.